The number of aliphatic carboxylic acids is 1. The molecule has 3 aromatic rings. The van der Waals surface area contributed by atoms with Crippen LogP contribution in [0, 0.1) is 6.92 Å². The molecular formula is C27H31N5O5. The summed E-state index contributed by atoms with van der Waals surface area (Å²) in [6.45, 7) is 2.44. The molecule has 0 aliphatic carbocycles. The van der Waals surface area contributed by atoms with E-state index in [1.54, 1.807) is 17.0 Å². The Balaban J connectivity index is 1.37. The standard InChI is InChI=1S/C27H31N5O5/c1-17-5-3-4-6-22(17)31-27(36)30-19-9-7-18(8-10-19)13-24(33)32-16-20(28-2)14-23(32)26-29-15-21(37-26)11-12-25(34)35/h3-10,15,20,23,28H,11-14,16H2,1-2H3,(H,34,35)(H2,30,31,36). The van der Waals surface area contributed by atoms with Gasteiger partial charge in [0, 0.05) is 30.4 Å². The summed E-state index contributed by atoms with van der Waals surface area (Å²) in [5.41, 5.74) is 3.14. The van der Waals surface area contributed by atoms with Gasteiger partial charge in [0.05, 0.1) is 19.0 Å². The molecule has 194 valence electrons. The molecule has 0 saturated carbocycles. The predicted molar refractivity (Wildman–Crippen MR) is 138 cm³/mol. The Bertz CT molecular complexity index is 1260. The van der Waals surface area contributed by atoms with Crippen molar-refractivity contribution in [2.75, 3.05) is 24.2 Å². The van der Waals surface area contributed by atoms with E-state index in [0.717, 1.165) is 16.8 Å². The number of nitrogens with one attached hydrogen (secondary N) is 3. The van der Waals surface area contributed by atoms with Crippen LogP contribution in [-0.4, -0.2) is 52.5 Å². The van der Waals surface area contributed by atoms with E-state index >= 15 is 0 Å². The van der Waals surface area contributed by atoms with Gasteiger partial charge in [-0.15, -0.1) is 0 Å². The molecule has 10 heteroatoms. The number of carboxylic acid groups (broad SMARTS) is 1. The lowest BCUT2D eigenvalue weighted by molar-refractivity contribution is -0.137. The topological polar surface area (TPSA) is 137 Å². The summed E-state index contributed by atoms with van der Waals surface area (Å²) >= 11 is 0. The molecule has 2 aromatic carbocycles. The summed E-state index contributed by atoms with van der Waals surface area (Å²) in [5, 5.41) is 17.7. The Labute approximate surface area is 215 Å². The lowest BCUT2D eigenvalue weighted by Crippen LogP contribution is -2.35. The molecule has 10 nitrogen and oxygen atoms in total. The van der Waals surface area contributed by atoms with Crippen molar-refractivity contribution < 1.29 is 23.9 Å². The van der Waals surface area contributed by atoms with Crippen LogP contribution in [0.15, 0.2) is 59.1 Å². The summed E-state index contributed by atoms with van der Waals surface area (Å²) in [6.07, 6.45) is 2.59. The zero-order chi connectivity index (χ0) is 26.4. The summed E-state index contributed by atoms with van der Waals surface area (Å²) < 4.78 is 5.80. The second-order valence-electron chi connectivity index (χ2n) is 9.11. The minimum atomic E-state index is -0.904. The van der Waals surface area contributed by atoms with Crippen LogP contribution in [0.25, 0.3) is 0 Å². The molecule has 4 N–H and O–H groups in total. The second-order valence-corrected chi connectivity index (χ2v) is 9.11. The fourth-order valence-electron chi connectivity index (χ4n) is 4.36. The fraction of sp³-hybridized carbons (Fsp3) is 0.333. The first-order chi connectivity index (χ1) is 17.8. The summed E-state index contributed by atoms with van der Waals surface area (Å²) in [5.74, 6) is -0.0528. The first kappa shape index (κ1) is 25.9. The third-order valence-corrected chi connectivity index (χ3v) is 6.43. The van der Waals surface area contributed by atoms with E-state index in [2.05, 4.69) is 20.9 Å². The number of hydrogen-bond acceptors (Lipinski definition) is 6. The Kier molecular flexibility index (Phi) is 8.19. The van der Waals surface area contributed by atoms with Crippen LogP contribution >= 0.6 is 0 Å². The number of likely N-dealkylation sites (N-methyl/N-ethyl adjacent to an activating group) is 1. The van der Waals surface area contributed by atoms with E-state index in [-0.39, 0.29) is 43.3 Å². The molecule has 0 bridgehead atoms. The van der Waals surface area contributed by atoms with Gasteiger partial charge in [-0.3, -0.25) is 9.59 Å². The van der Waals surface area contributed by atoms with Crippen LogP contribution in [0.3, 0.4) is 0 Å². The Hall–Kier alpha value is -4.18. The summed E-state index contributed by atoms with van der Waals surface area (Å²) in [6, 6.07) is 14.1. The third kappa shape index (κ3) is 6.73. The van der Waals surface area contributed by atoms with Gasteiger partial charge in [-0.25, -0.2) is 9.78 Å². The summed E-state index contributed by atoms with van der Waals surface area (Å²) in [7, 11) is 1.85. The summed E-state index contributed by atoms with van der Waals surface area (Å²) in [4.78, 5) is 42.5. The van der Waals surface area contributed by atoms with E-state index in [9.17, 15) is 14.4 Å². The smallest absolute Gasteiger partial charge is 0.323 e. The average molecular weight is 506 g/mol. The molecule has 2 atom stereocenters. The highest BCUT2D eigenvalue weighted by molar-refractivity contribution is 6.00. The number of anilines is 2. The maximum atomic E-state index is 13.3. The number of rotatable bonds is 9. The number of carbonyl (C=O) groups excluding carboxylic acids is 2. The molecule has 1 fully saturated rings. The first-order valence-electron chi connectivity index (χ1n) is 12.2. The van der Waals surface area contributed by atoms with Gasteiger partial charge in [0.25, 0.3) is 0 Å². The number of benzene rings is 2. The van der Waals surface area contributed by atoms with Gasteiger partial charge in [-0.2, -0.15) is 0 Å². The highest BCUT2D eigenvalue weighted by Crippen LogP contribution is 2.32. The number of para-hydroxylation sites is 1. The average Bonchev–Trinajstić information content (AvgIpc) is 3.52. The number of nitrogens with zero attached hydrogens (tertiary/aromatic N) is 2. The molecule has 37 heavy (non-hydrogen) atoms. The zero-order valence-electron chi connectivity index (χ0n) is 20.9. The normalized spacial score (nSPS) is 17.0. The number of carboxylic acids is 1. The number of amides is 3. The van der Waals surface area contributed by atoms with Crippen molar-refractivity contribution in [1.82, 2.24) is 15.2 Å². The highest BCUT2D eigenvalue weighted by atomic mass is 16.4. The Morgan fingerprint density at radius 2 is 1.86 bits per heavy atom. The second kappa shape index (κ2) is 11.7. The van der Waals surface area contributed by atoms with Crippen molar-refractivity contribution in [2.24, 2.45) is 0 Å². The molecule has 0 radical (unpaired) electrons. The number of oxazole rings is 1. The third-order valence-electron chi connectivity index (χ3n) is 6.43. The molecule has 0 spiro atoms. The van der Waals surface area contributed by atoms with Crippen LogP contribution in [0.1, 0.15) is 41.7 Å². The van der Waals surface area contributed by atoms with Crippen molar-refractivity contribution in [3.63, 3.8) is 0 Å². The van der Waals surface area contributed by atoms with Crippen molar-refractivity contribution in [2.45, 2.75) is 44.7 Å². The molecule has 3 amide bonds. The molecular weight excluding hydrogens is 474 g/mol. The van der Waals surface area contributed by atoms with Crippen LogP contribution in [0.2, 0.25) is 0 Å². The maximum absolute atomic E-state index is 13.3. The molecule has 2 unspecified atom stereocenters. The number of urea groups is 1. The lowest BCUT2D eigenvalue weighted by atomic mass is 10.1. The lowest BCUT2D eigenvalue weighted by Gasteiger charge is -2.22. The van der Waals surface area contributed by atoms with Crippen molar-refractivity contribution in [1.29, 1.82) is 0 Å². The zero-order valence-corrected chi connectivity index (χ0v) is 20.9. The highest BCUT2D eigenvalue weighted by Gasteiger charge is 2.38. The Morgan fingerprint density at radius 1 is 1.11 bits per heavy atom. The van der Waals surface area contributed by atoms with E-state index in [4.69, 9.17) is 9.52 Å². The van der Waals surface area contributed by atoms with E-state index in [1.165, 1.54) is 6.20 Å². The van der Waals surface area contributed by atoms with Crippen molar-refractivity contribution >= 4 is 29.3 Å². The number of likely N-dealkylation sites (tertiary alicyclic amines) is 1. The van der Waals surface area contributed by atoms with E-state index < -0.39 is 5.97 Å². The number of hydrogen-bond donors (Lipinski definition) is 4. The molecule has 1 aliphatic rings. The van der Waals surface area contributed by atoms with E-state index in [1.807, 2.05) is 50.4 Å². The van der Waals surface area contributed by atoms with Gasteiger partial charge in [0.2, 0.25) is 11.8 Å². The van der Waals surface area contributed by atoms with Crippen LogP contribution in [0.5, 0.6) is 0 Å². The maximum Gasteiger partial charge on any atom is 0.323 e. The predicted octanol–water partition coefficient (Wildman–Crippen LogP) is 3.75. The molecule has 4 rings (SSSR count). The molecule has 1 saturated heterocycles. The minimum absolute atomic E-state index is 0.0422. The minimum Gasteiger partial charge on any atom is -0.481 e. The van der Waals surface area contributed by atoms with Gasteiger partial charge in [-0.1, -0.05) is 30.3 Å². The van der Waals surface area contributed by atoms with E-state index in [0.29, 0.717) is 30.3 Å². The van der Waals surface area contributed by atoms with Gasteiger partial charge < -0.3 is 30.4 Å². The number of aromatic nitrogens is 1. The van der Waals surface area contributed by atoms with Crippen molar-refractivity contribution in [3.05, 3.63) is 77.5 Å². The quantitative estimate of drug-likeness (QED) is 0.348. The van der Waals surface area contributed by atoms with Gasteiger partial charge in [0.1, 0.15) is 11.8 Å². The SMILES string of the molecule is CNC1CC(c2ncc(CCC(=O)O)o2)N(C(=O)Cc2ccc(NC(=O)Nc3ccccc3C)cc2)C1. The number of carbonyl (C=O) groups is 3. The van der Waals surface area contributed by atoms with Gasteiger partial charge in [0.15, 0.2) is 0 Å². The van der Waals surface area contributed by atoms with Crippen LogP contribution in [-0.2, 0) is 22.4 Å². The molecule has 1 aromatic heterocycles. The van der Waals surface area contributed by atoms with Gasteiger partial charge in [-0.05, 0) is 49.7 Å². The van der Waals surface area contributed by atoms with Crippen LogP contribution in [0.4, 0.5) is 16.2 Å². The van der Waals surface area contributed by atoms with Gasteiger partial charge >= 0.3 is 12.0 Å². The monoisotopic (exact) mass is 505 g/mol. The number of aryl methyl sites for hydroxylation is 2. The van der Waals surface area contributed by atoms with Crippen LogP contribution < -0.4 is 16.0 Å². The molecule has 1 aliphatic heterocycles. The first-order valence-corrected chi connectivity index (χ1v) is 12.2. The largest absolute Gasteiger partial charge is 0.481 e. The van der Waals surface area contributed by atoms with Crippen molar-refractivity contribution in [3.8, 4) is 0 Å². The Morgan fingerprint density at radius 3 is 2.57 bits per heavy atom. The fourth-order valence-corrected chi connectivity index (χ4v) is 4.36. The molecule has 2 heterocycles.